The van der Waals surface area contributed by atoms with Crippen LogP contribution in [-0.2, 0) is 61.0 Å². The first kappa shape index (κ1) is 60.1. The monoisotopic (exact) mass is 1130 g/mol. The maximum absolute atomic E-state index is 15.0. The number of carbonyl (C=O) groups excluding carboxylic acids is 6. The van der Waals surface area contributed by atoms with Crippen LogP contribution in [0.4, 0.5) is 0 Å². The summed E-state index contributed by atoms with van der Waals surface area (Å²) in [5, 5.41) is 33.4. The maximum Gasteiger partial charge on any atom is 0.246 e. The summed E-state index contributed by atoms with van der Waals surface area (Å²) < 4.78 is 0. The average Bonchev–Trinajstić information content (AvgIpc) is 3.99. The van der Waals surface area contributed by atoms with Gasteiger partial charge >= 0.3 is 0 Å². The van der Waals surface area contributed by atoms with Gasteiger partial charge in [0.1, 0.15) is 30.4 Å². The number of carbonyl (C=O) groups is 6. The van der Waals surface area contributed by atoms with Gasteiger partial charge in [-0.2, -0.15) is 0 Å². The molecule has 10 atom stereocenters. The van der Waals surface area contributed by atoms with E-state index in [1.807, 2.05) is 130 Å². The molecule has 16 heteroatoms. The largest absolute Gasteiger partial charge is 0.374 e. The Hall–Kier alpha value is -7.50. The second-order valence-corrected chi connectivity index (χ2v) is 24.1. The van der Waals surface area contributed by atoms with Crippen molar-refractivity contribution in [2.45, 2.75) is 160 Å². The number of aryl methyl sites for hydroxylation is 2. The average molecular weight is 1130 g/mol. The molecule has 0 saturated carbocycles. The zero-order valence-electron chi connectivity index (χ0n) is 49.0. The smallest absolute Gasteiger partial charge is 0.246 e. The van der Waals surface area contributed by atoms with E-state index >= 15 is 0 Å². The minimum atomic E-state index is -1.11. The minimum Gasteiger partial charge on any atom is -0.374 e. The van der Waals surface area contributed by atoms with Crippen LogP contribution in [0, 0.1) is 5.41 Å². The van der Waals surface area contributed by atoms with Crippen LogP contribution >= 0.6 is 0 Å². The van der Waals surface area contributed by atoms with Gasteiger partial charge in [0.25, 0.3) is 0 Å². The van der Waals surface area contributed by atoms with E-state index in [0.717, 1.165) is 77.5 Å². The predicted octanol–water partition coefficient (Wildman–Crippen LogP) is 6.52. The highest BCUT2D eigenvalue weighted by atomic mass is 16.3. The van der Waals surface area contributed by atoms with Crippen molar-refractivity contribution in [1.29, 1.82) is 0 Å². The van der Waals surface area contributed by atoms with Crippen molar-refractivity contribution in [3.8, 4) is 0 Å². The lowest BCUT2D eigenvalue weighted by molar-refractivity contribution is -0.145. The van der Waals surface area contributed by atoms with Crippen LogP contribution in [0.2, 0.25) is 0 Å². The molecule has 8 unspecified atom stereocenters. The second kappa shape index (κ2) is 26.8. The third-order valence-electron chi connectivity index (χ3n) is 17.3. The molecule has 2 aliphatic heterocycles. The Morgan fingerprint density at radius 3 is 1.67 bits per heavy atom. The summed E-state index contributed by atoms with van der Waals surface area (Å²) in [6.45, 7) is 9.52. The summed E-state index contributed by atoms with van der Waals surface area (Å²) in [6.07, 6.45) is 9.03. The molecule has 2 aliphatic carbocycles. The van der Waals surface area contributed by atoms with Gasteiger partial charge in [0.15, 0.2) is 0 Å². The van der Waals surface area contributed by atoms with E-state index < -0.39 is 53.9 Å². The number of aliphatic hydroxyl groups is 1. The molecule has 4 aliphatic rings. The summed E-state index contributed by atoms with van der Waals surface area (Å²) in [5.41, 5.74) is 9.17. The number of nitrogens with zero attached hydrogens (tertiary/aromatic N) is 2. The van der Waals surface area contributed by atoms with Gasteiger partial charge in [-0.3, -0.25) is 34.1 Å². The second-order valence-electron chi connectivity index (χ2n) is 24.1. The minimum absolute atomic E-state index is 0.142. The highest BCUT2D eigenvalue weighted by Crippen LogP contribution is 2.34. The van der Waals surface area contributed by atoms with E-state index in [4.69, 9.17) is 0 Å². The number of benzene rings is 5. The van der Waals surface area contributed by atoms with Crippen LogP contribution < -0.4 is 37.2 Å². The fourth-order valence-corrected chi connectivity index (χ4v) is 12.1. The van der Waals surface area contributed by atoms with Gasteiger partial charge in [-0.15, -0.1) is 0 Å². The van der Waals surface area contributed by atoms with Crippen LogP contribution in [0.5, 0.6) is 0 Å². The summed E-state index contributed by atoms with van der Waals surface area (Å²) in [4.78, 5) is 88.4. The third kappa shape index (κ3) is 14.5. The maximum atomic E-state index is 15.0. The molecule has 0 aromatic heterocycles. The lowest BCUT2D eigenvalue weighted by atomic mass is 9.85. The van der Waals surface area contributed by atoms with Gasteiger partial charge in [0, 0.05) is 32.0 Å². The summed E-state index contributed by atoms with van der Waals surface area (Å²) in [5.74, 6) is -1.81. The highest BCUT2D eigenvalue weighted by molar-refractivity contribution is 5.95. The van der Waals surface area contributed by atoms with Crippen LogP contribution in [-0.4, -0.2) is 113 Å². The normalized spacial score (nSPS) is 21.3. The van der Waals surface area contributed by atoms with Gasteiger partial charge in [-0.1, -0.05) is 154 Å². The Morgan fingerprint density at radius 2 is 1.12 bits per heavy atom. The van der Waals surface area contributed by atoms with E-state index in [0.29, 0.717) is 12.0 Å². The summed E-state index contributed by atoms with van der Waals surface area (Å²) >= 11 is 0. The molecule has 6 amide bonds. The number of amides is 6. The zero-order chi connectivity index (χ0) is 59.0. The van der Waals surface area contributed by atoms with Gasteiger partial charge in [-0.05, 0) is 134 Å². The fourth-order valence-electron chi connectivity index (χ4n) is 12.1. The molecule has 2 heterocycles. The Labute approximate surface area is 489 Å². The van der Waals surface area contributed by atoms with Crippen molar-refractivity contribution in [2.75, 3.05) is 20.6 Å². The molecule has 0 spiro atoms. The van der Waals surface area contributed by atoms with Crippen LogP contribution in [0.15, 0.2) is 121 Å². The Bertz CT molecular complexity index is 3160. The summed E-state index contributed by atoms with van der Waals surface area (Å²) in [7, 11) is 3.38. The zero-order valence-corrected chi connectivity index (χ0v) is 49.0. The van der Waals surface area contributed by atoms with Gasteiger partial charge in [0.2, 0.25) is 35.4 Å². The van der Waals surface area contributed by atoms with E-state index in [9.17, 15) is 33.9 Å². The van der Waals surface area contributed by atoms with E-state index in [2.05, 4.69) is 61.5 Å². The first-order valence-corrected chi connectivity index (χ1v) is 29.6. The third-order valence-corrected chi connectivity index (χ3v) is 17.3. The fraction of sp³-hybridized carbons (Fsp3) is 0.433. The highest BCUT2D eigenvalue weighted by Gasteiger charge is 2.46. The number of hydrogen-bond acceptors (Lipinski definition) is 10. The molecule has 5 aromatic carbocycles. The van der Waals surface area contributed by atoms with Crippen molar-refractivity contribution in [2.24, 2.45) is 5.41 Å². The number of nitrogens with one attached hydrogen (secondary N) is 7. The molecular weight excluding hydrogens is 1040 g/mol. The Kier molecular flexibility index (Phi) is 19.4. The van der Waals surface area contributed by atoms with E-state index in [-0.39, 0.29) is 73.5 Å². The van der Waals surface area contributed by atoms with Crippen molar-refractivity contribution < 1.29 is 33.9 Å². The quantitative estimate of drug-likeness (QED) is 0.0331. The Balaban J connectivity index is 0.862. The van der Waals surface area contributed by atoms with Crippen molar-refractivity contribution in [3.05, 3.63) is 177 Å². The topological polar surface area (TPSA) is 213 Å². The molecule has 0 radical (unpaired) electrons. The molecule has 9 rings (SSSR count). The number of hydrogen-bond donors (Lipinski definition) is 8. The first-order valence-electron chi connectivity index (χ1n) is 29.6. The molecule has 5 aromatic rings. The molecule has 8 N–H and O–H groups in total. The molecular formula is C67H83N9O7. The van der Waals surface area contributed by atoms with Crippen molar-refractivity contribution in [3.63, 3.8) is 0 Å². The SMILES string of the molecule is CN[C@@H](C)C(=O)NC(Cc1ccc(/C=C/c2ccc(C(O)NC3CC(C(=O)NC4CCCc5ccccc54)N(C(=O)C(NC(=O)[C@H](C)NC)C(C)(C)C)C3)cc2)cc1)C(=O)N1Cc2ccccc2CC1C(=O)NC1CCCc2ccccc21. The number of likely N-dealkylation sites (N-methyl/N-ethyl adjacent to an activating group) is 2. The molecule has 438 valence electrons. The number of aliphatic hydroxyl groups excluding tert-OH is 1. The summed E-state index contributed by atoms with van der Waals surface area (Å²) in [6, 6.07) is 34.2. The van der Waals surface area contributed by atoms with E-state index in [1.165, 1.54) is 11.1 Å². The number of fused-ring (bicyclic) bond motifs is 3. The first-order chi connectivity index (χ1) is 39.9. The van der Waals surface area contributed by atoms with E-state index in [1.54, 1.807) is 37.7 Å². The number of rotatable bonds is 19. The van der Waals surface area contributed by atoms with Gasteiger partial charge in [-0.25, -0.2) is 0 Å². The molecule has 1 saturated heterocycles. The molecule has 1 fully saturated rings. The van der Waals surface area contributed by atoms with Crippen LogP contribution in [0.25, 0.3) is 12.2 Å². The predicted molar refractivity (Wildman–Crippen MR) is 323 cm³/mol. The lowest BCUT2D eigenvalue weighted by Gasteiger charge is -2.39. The molecule has 83 heavy (non-hydrogen) atoms. The van der Waals surface area contributed by atoms with Crippen molar-refractivity contribution in [1.82, 2.24) is 47.0 Å². The van der Waals surface area contributed by atoms with Crippen LogP contribution in [0.1, 0.15) is 141 Å². The Morgan fingerprint density at radius 1 is 0.614 bits per heavy atom. The van der Waals surface area contributed by atoms with Crippen molar-refractivity contribution >= 4 is 47.6 Å². The van der Waals surface area contributed by atoms with Crippen LogP contribution in [0.3, 0.4) is 0 Å². The number of likely N-dealkylation sites (tertiary alicyclic amines) is 1. The molecule has 16 nitrogen and oxygen atoms in total. The van der Waals surface area contributed by atoms with Gasteiger partial charge < -0.3 is 46.8 Å². The standard InChI is InChI=1S/C67H83N9O7/c1-41(68-6)60(77)73-56(65(82)75-39-50-19-9-8-18-49(50)37-57(75)63(80)71-54-24-14-20-46-16-10-12-22-52(46)54)36-45-30-28-43(29-31-45)26-27-44-32-34-48(35-33-44)62(79)70-51-38-58(64(81)72-55-25-15-21-47-17-11-13-23-53(47)55)76(40-51)66(83)59(67(3,4)5)74-61(78)42(2)69-7/h8-13,16-19,22-23,26-35,41-42,51,54-59,62,68-70,79H,14-15,20-21,24-25,36-40H2,1-7H3,(H,71,80)(H,72,81)(H,73,77)(H,74,78)/b27-26+/t41-,42-,51?,54?,55?,56?,57?,58?,59?,62?/m0/s1. The lowest BCUT2D eigenvalue weighted by Crippen LogP contribution is -2.59. The molecule has 0 bridgehead atoms. The van der Waals surface area contributed by atoms with Gasteiger partial charge in [0.05, 0.1) is 24.2 Å².